The van der Waals surface area contributed by atoms with Gasteiger partial charge in [0, 0.05) is 6.54 Å². The molecule has 0 atom stereocenters. The highest BCUT2D eigenvalue weighted by Crippen LogP contribution is 2.27. The third-order valence-corrected chi connectivity index (χ3v) is 4.12. The van der Waals surface area contributed by atoms with E-state index in [1.165, 1.54) is 7.11 Å². The second-order valence-electron chi connectivity index (χ2n) is 5.71. The van der Waals surface area contributed by atoms with E-state index < -0.39 is 17.7 Å². The molecule has 0 saturated carbocycles. The van der Waals surface area contributed by atoms with Gasteiger partial charge in [-0.15, -0.1) is 0 Å². The third-order valence-electron chi connectivity index (χ3n) is 4.12. The Morgan fingerprint density at radius 2 is 1.58 bits per heavy atom. The molecule has 0 bridgehead atoms. The first kappa shape index (κ1) is 17.5. The summed E-state index contributed by atoms with van der Waals surface area (Å²) >= 11 is 0. The van der Waals surface area contributed by atoms with Crippen molar-refractivity contribution in [2.45, 2.75) is 6.54 Å². The summed E-state index contributed by atoms with van der Waals surface area (Å²) in [4.78, 5) is 37.7. The van der Waals surface area contributed by atoms with Crippen molar-refractivity contribution < 1.29 is 23.9 Å². The first-order valence-corrected chi connectivity index (χ1v) is 7.98. The van der Waals surface area contributed by atoms with Gasteiger partial charge in [-0.25, -0.2) is 0 Å². The topological polar surface area (TPSA) is 84.9 Å². The number of hydrogen-bond donors (Lipinski definition) is 1. The number of fused-ring (bicyclic) bond motifs is 1. The van der Waals surface area contributed by atoms with Crippen molar-refractivity contribution in [1.82, 2.24) is 10.2 Å². The summed E-state index contributed by atoms with van der Waals surface area (Å²) in [7, 11) is 3.07. The van der Waals surface area contributed by atoms with Crippen molar-refractivity contribution in [3.05, 3.63) is 59.2 Å². The van der Waals surface area contributed by atoms with Gasteiger partial charge in [0.25, 0.3) is 11.8 Å². The minimum absolute atomic E-state index is 0.238. The predicted molar refractivity (Wildman–Crippen MR) is 93.2 cm³/mol. The van der Waals surface area contributed by atoms with E-state index in [1.54, 1.807) is 49.6 Å². The zero-order valence-corrected chi connectivity index (χ0v) is 14.4. The van der Waals surface area contributed by atoms with E-state index in [0.29, 0.717) is 22.6 Å². The predicted octanol–water partition coefficient (Wildman–Crippen LogP) is 1.62. The zero-order chi connectivity index (χ0) is 18.7. The lowest BCUT2D eigenvalue weighted by molar-refractivity contribution is -0.121. The monoisotopic (exact) mass is 354 g/mol. The lowest BCUT2D eigenvalue weighted by atomic mass is 10.1. The molecule has 26 heavy (non-hydrogen) atoms. The van der Waals surface area contributed by atoms with Crippen LogP contribution in [0.4, 0.5) is 0 Å². The molecule has 0 fully saturated rings. The summed E-state index contributed by atoms with van der Waals surface area (Å²) < 4.78 is 10.4. The maximum Gasteiger partial charge on any atom is 0.262 e. The number of nitrogens with zero attached hydrogens (tertiary/aromatic N) is 1. The number of hydrogen-bond acceptors (Lipinski definition) is 5. The molecule has 0 aliphatic carbocycles. The van der Waals surface area contributed by atoms with Crippen molar-refractivity contribution >= 4 is 17.7 Å². The van der Waals surface area contributed by atoms with Gasteiger partial charge >= 0.3 is 0 Å². The Bertz CT molecular complexity index is 843. The molecule has 3 rings (SSSR count). The maximum atomic E-state index is 12.3. The molecular weight excluding hydrogens is 336 g/mol. The lowest BCUT2D eigenvalue weighted by Crippen LogP contribution is -2.40. The number of imide groups is 1. The SMILES string of the molecule is COc1ccc(CNC(=O)CN2C(=O)c3ccccc3C2=O)cc1OC. The molecule has 1 aliphatic rings. The van der Waals surface area contributed by atoms with Gasteiger partial charge in [0.2, 0.25) is 5.91 Å². The molecule has 7 nitrogen and oxygen atoms in total. The average Bonchev–Trinajstić information content (AvgIpc) is 2.91. The van der Waals surface area contributed by atoms with Crippen LogP contribution < -0.4 is 14.8 Å². The summed E-state index contributed by atoms with van der Waals surface area (Å²) in [5.41, 5.74) is 1.45. The van der Waals surface area contributed by atoms with Crippen molar-refractivity contribution in [1.29, 1.82) is 0 Å². The van der Waals surface area contributed by atoms with Gasteiger partial charge in [0.05, 0.1) is 25.3 Å². The summed E-state index contributed by atoms with van der Waals surface area (Å²) in [6.45, 7) is -0.0814. The molecule has 0 aromatic heterocycles. The molecule has 134 valence electrons. The van der Waals surface area contributed by atoms with Crippen LogP contribution in [-0.2, 0) is 11.3 Å². The fourth-order valence-corrected chi connectivity index (χ4v) is 2.77. The Balaban J connectivity index is 1.62. The molecule has 7 heteroatoms. The number of nitrogens with one attached hydrogen (secondary N) is 1. The van der Waals surface area contributed by atoms with Crippen LogP contribution in [-0.4, -0.2) is 43.4 Å². The molecule has 2 aromatic carbocycles. The third kappa shape index (κ3) is 3.23. The second kappa shape index (κ2) is 7.26. The van der Waals surface area contributed by atoms with Crippen molar-refractivity contribution in [2.24, 2.45) is 0 Å². The Morgan fingerprint density at radius 1 is 0.962 bits per heavy atom. The number of carbonyl (C=O) groups is 3. The van der Waals surface area contributed by atoms with Crippen LogP contribution in [0.25, 0.3) is 0 Å². The Morgan fingerprint density at radius 3 is 2.15 bits per heavy atom. The fraction of sp³-hybridized carbons (Fsp3) is 0.211. The molecule has 1 aliphatic heterocycles. The standard InChI is InChI=1S/C19H18N2O5/c1-25-15-8-7-12(9-16(15)26-2)10-20-17(22)11-21-18(23)13-5-3-4-6-14(13)19(21)24/h3-9H,10-11H2,1-2H3,(H,20,22). The van der Waals surface area contributed by atoms with Crippen LogP contribution in [0.3, 0.4) is 0 Å². The van der Waals surface area contributed by atoms with E-state index >= 15 is 0 Å². The van der Waals surface area contributed by atoms with Gasteiger partial charge in [0.1, 0.15) is 6.54 Å². The number of amides is 3. The van der Waals surface area contributed by atoms with Crippen molar-refractivity contribution in [2.75, 3.05) is 20.8 Å². The zero-order valence-electron chi connectivity index (χ0n) is 14.4. The van der Waals surface area contributed by atoms with Crippen LogP contribution in [0.1, 0.15) is 26.3 Å². The fourth-order valence-electron chi connectivity index (χ4n) is 2.77. The Labute approximate surface area is 150 Å². The van der Waals surface area contributed by atoms with E-state index in [2.05, 4.69) is 5.32 Å². The molecule has 0 radical (unpaired) electrons. The molecule has 2 aromatic rings. The van der Waals surface area contributed by atoms with Gasteiger partial charge in [-0.1, -0.05) is 18.2 Å². The summed E-state index contributed by atoms with van der Waals surface area (Å²) in [6, 6.07) is 11.8. The van der Waals surface area contributed by atoms with Crippen LogP contribution in [0, 0.1) is 0 Å². The Kier molecular flexibility index (Phi) is 4.88. The number of carbonyl (C=O) groups excluding carboxylic acids is 3. The van der Waals surface area contributed by atoms with Gasteiger partial charge in [-0.3, -0.25) is 19.3 Å². The van der Waals surface area contributed by atoms with E-state index in [0.717, 1.165) is 10.5 Å². The minimum Gasteiger partial charge on any atom is -0.493 e. The van der Waals surface area contributed by atoms with E-state index in [1.807, 2.05) is 0 Å². The van der Waals surface area contributed by atoms with Crippen LogP contribution in [0.5, 0.6) is 11.5 Å². The smallest absolute Gasteiger partial charge is 0.262 e. The largest absolute Gasteiger partial charge is 0.493 e. The normalized spacial score (nSPS) is 12.8. The van der Waals surface area contributed by atoms with Crippen molar-refractivity contribution in [3.8, 4) is 11.5 Å². The van der Waals surface area contributed by atoms with Gasteiger partial charge < -0.3 is 14.8 Å². The molecular formula is C19H18N2O5. The highest BCUT2D eigenvalue weighted by molar-refractivity contribution is 6.22. The minimum atomic E-state index is -0.452. The number of methoxy groups -OCH3 is 2. The highest BCUT2D eigenvalue weighted by Gasteiger charge is 2.36. The van der Waals surface area contributed by atoms with E-state index in [9.17, 15) is 14.4 Å². The number of benzene rings is 2. The lowest BCUT2D eigenvalue weighted by Gasteiger charge is -2.14. The van der Waals surface area contributed by atoms with Crippen LogP contribution >= 0.6 is 0 Å². The van der Waals surface area contributed by atoms with Gasteiger partial charge in [-0.2, -0.15) is 0 Å². The summed E-state index contributed by atoms with van der Waals surface area (Å²) in [5, 5.41) is 2.70. The summed E-state index contributed by atoms with van der Waals surface area (Å²) in [6.07, 6.45) is 0. The van der Waals surface area contributed by atoms with E-state index in [4.69, 9.17) is 9.47 Å². The molecule has 1 heterocycles. The highest BCUT2D eigenvalue weighted by atomic mass is 16.5. The van der Waals surface area contributed by atoms with Crippen LogP contribution in [0.15, 0.2) is 42.5 Å². The first-order chi connectivity index (χ1) is 12.5. The maximum absolute atomic E-state index is 12.3. The number of rotatable bonds is 6. The second-order valence-corrected chi connectivity index (χ2v) is 5.71. The quantitative estimate of drug-likeness (QED) is 0.797. The Hall–Kier alpha value is -3.35. The van der Waals surface area contributed by atoms with Crippen LogP contribution in [0.2, 0.25) is 0 Å². The molecule has 0 unspecified atom stereocenters. The molecule has 0 saturated heterocycles. The van der Waals surface area contributed by atoms with E-state index in [-0.39, 0.29) is 13.1 Å². The molecule has 3 amide bonds. The first-order valence-electron chi connectivity index (χ1n) is 7.98. The van der Waals surface area contributed by atoms with Gasteiger partial charge in [0.15, 0.2) is 11.5 Å². The summed E-state index contributed by atoms with van der Waals surface area (Å²) in [5.74, 6) is -0.179. The van der Waals surface area contributed by atoms with Gasteiger partial charge in [-0.05, 0) is 29.8 Å². The number of ether oxygens (including phenoxy) is 2. The molecule has 1 N–H and O–H groups in total. The average molecular weight is 354 g/mol. The molecule has 0 spiro atoms. The van der Waals surface area contributed by atoms with Crippen molar-refractivity contribution in [3.63, 3.8) is 0 Å².